The molecule has 30 heavy (non-hydrogen) atoms. The van der Waals surface area contributed by atoms with Crippen molar-refractivity contribution in [2.45, 2.75) is 10.8 Å². The van der Waals surface area contributed by atoms with Gasteiger partial charge in [0.2, 0.25) is 25.5 Å². The Morgan fingerprint density at radius 2 is 2.00 bits per heavy atom. The molecule has 0 unspecified atom stereocenters. The molecule has 11 heteroatoms. The summed E-state index contributed by atoms with van der Waals surface area (Å²) >= 11 is 1.53. The maximum absolute atomic E-state index is 12.2. The maximum atomic E-state index is 12.2. The number of aliphatic hydroxyl groups is 2. The average Bonchev–Trinajstić information content (AvgIpc) is 2.72. The lowest BCUT2D eigenvalue weighted by Gasteiger charge is -2.34. The van der Waals surface area contributed by atoms with Crippen LogP contribution in [0.25, 0.3) is 10.8 Å². The summed E-state index contributed by atoms with van der Waals surface area (Å²) < 4.78 is 7.06. The zero-order valence-electron chi connectivity index (χ0n) is 16.2. The van der Waals surface area contributed by atoms with E-state index in [2.05, 4.69) is 21.2 Å². The van der Waals surface area contributed by atoms with Gasteiger partial charge in [0, 0.05) is 48.0 Å². The number of ether oxygens (including phenoxy) is 1. The van der Waals surface area contributed by atoms with Crippen molar-refractivity contribution in [1.29, 1.82) is 0 Å². The van der Waals surface area contributed by atoms with E-state index in [1.54, 1.807) is 17.0 Å². The number of fused-ring (bicyclic) bond motifs is 1. The van der Waals surface area contributed by atoms with E-state index in [4.69, 9.17) is 12.6 Å². The SMILES string of the molecule is [B]C(O)(O)Oc1nccc2c(SN3CCN(C(=O)CNC(=O)C=C)CC3)cccc12. The summed E-state index contributed by atoms with van der Waals surface area (Å²) in [6.07, 6.45) is 2.63. The number of hydrogen-bond donors (Lipinski definition) is 3. The number of piperazine rings is 1. The minimum Gasteiger partial charge on any atom is -0.431 e. The molecule has 2 radical (unpaired) electrons. The number of aromatic nitrogens is 1. The van der Waals surface area contributed by atoms with E-state index in [0.29, 0.717) is 31.6 Å². The van der Waals surface area contributed by atoms with Crippen molar-refractivity contribution < 1.29 is 24.5 Å². The van der Waals surface area contributed by atoms with Crippen LogP contribution >= 0.6 is 11.9 Å². The Bertz CT molecular complexity index is 944. The largest absolute Gasteiger partial charge is 0.431 e. The van der Waals surface area contributed by atoms with Crippen LogP contribution in [0.15, 0.2) is 48.0 Å². The molecule has 0 bridgehead atoms. The van der Waals surface area contributed by atoms with Gasteiger partial charge in [0.25, 0.3) is 5.87 Å². The number of carbonyl (C=O) groups excluding carboxylic acids is 2. The third-order valence-corrected chi connectivity index (χ3v) is 5.57. The lowest BCUT2D eigenvalue weighted by molar-refractivity contribution is -0.224. The first-order valence-electron chi connectivity index (χ1n) is 9.18. The van der Waals surface area contributed by atoms with Crippen LogP contribution < -0.4 is 10.1 Å². The Hall–Kier alpha value is -2.60. The monoisotopic (exact) mass is 428 g/mol. The topological polar surface area (TPSA) is 115 Å². The van der Waals surface area contributed by atoms with Gasteiger partial charge >= 0.3 is 0 Å². The molecule has 0 atom stereocenters. The minimum absolute atomic E-state index is 0.0134. The quantitative estimate of drug-likeness (QED) is 0.241. The van der Waals surface area contributed by atoms with Crippen LogP contribution in [-0.4, -0.2) is 82.7 Å². The standard InChI is InChI=1S/C19H21BN4O5S/c1-2-16(25)22-12-17(26)23-8-10-24(11-9-23)30-15-5-3-4-14-13(15)6-7-21-18(14)29-19(20,27)28/h2-7,27-28H,1,8-12H2,(H,22,25). The van der Waals surface area contributed by atoms with E-state index in [-0.39, 0.29) is 24.2 Å². The summed E-state index contributed by atoms with van der Waals surface area (Å²) in [6, 6.07) is 7.31. The van der Waals surface area contributed by atoms with Crippen molar-refractivity contribution >= 4 is 42.4 Å². The van der Waals surface area contributed by atoms with Gasteiger partial charge in [-0.3, -0.25) is 9.59 Å². The molecule has 0 spiro atoms. The highest BCUT2D eigenvalue weighted by molar-refractivity contribution is 7.97. The zero-order valence-corrected chi connectivity index (χ0v) is 17.0. The lowest BCUT2D eigenvalue weighted by Crippen LogP contribution is -2.49. The number of nitrogens with one attached hydrogen (secondary N) is 1. The van der Waals surface area contributed by atoms with Gasteiger partial charge < -0.3 is 25.2 Å². The highest BCUT2D eigenvalue weighted by Gasteiger charge is 2.23. The molecule has 3 N–H and O–H groups in total. The minimum atomic E-state index is -2.82. The van der Waals surface area contributed by atoms with Crippen molar-refractivity contribution in [3.05, 3.63) is 43.1 Å². The number of rotatable bonds is 7. The van der Waals surface area contributed by atoms with Crippen LogP contribution in [0.2, 0.25) is 0 Å². The summed E-state index contributed by atoms with van der Waals surface area (Å²) in [7, 11) is 5.10. The maximum Gasteiger partial charge on any atom is 0.261 e. The molecule has 1 aromatic carbocycles. The Morgan fingerprint density at radius 3 is 2.67 bits per heavy atom. The summed E-state index contributed by atoms with van der Waals surface area (Å²) in [5.74, 6) is -3.32. The second kappa shape index (κ2) is 9.48. The van der Waals surface area contributed by atoms with Gasteiger partial charge in [-0.25, -0.2) is 9.29 Å². The molecular weight excluding hydrogens is 407 g/mol. The summed E-state index contributed by atoms with van der Waals surface area (Å²) in [5.41, 5.74) is 0. The summed E-state index contributed by atoms with van der Waals surface area (Å²) in [4.78, 5) is 30.1. The molecule has 2 amide bonds. The smallest absolute Gasteiger partial charge is 0.261 e. The highest BCUT2D eigenvalue weighted by atomic mass is 32.2. The predicted molar refractivity (Wildman–Crippen MR) is 113 cm³/mol. The van der Waals surface area contributed by atoms with E-state index in [1.165, 1.54) is 18.1 Å². The highest BCUT2D eigenvalue weighted by Crippen LogP contribution is 2.34. The molecule has 1 aliphatic heterocycles. The fourth-order valence-corrected chi connectivity index (χ4v) is 4.01. The summed E-state index contributed by atoms with van der Waals surface area (Å²) in [5, 5.41) is 22.5. The fraction of sp³-hybridized carbons (Fsp3) is 0.316. The number of amides is 2. The van der Waals surface area contributed by atoms with Crippen molar-refractivity contribution in [3.63, 3.8) is 0 Å². The van der Waals surface area contributed by atoms with E-state index in [1.807, 2.05) is 12.1 Å². The number of hydrogen-bond acceptors (Lipinski definition) is 8. The van der Waals surface area contributed by atoms with Gasteiger partial charge in [0.1, 0.15) is 0 Å². The molecular formula is C19H21BN4O5S. The van der Waals surface area contributed by atoms with Crippen molar-refractivity contribution in [3.8, 4) is 5.88 Å². The molecule has 0 saturated carbocycles. The Morgan fingerprint density at radius 1 is 1.27 bits per heavy atom. The van der Waals surface area contributed by atoms with E-state index >= 15 is 0 Å². The van der Waals surface area contributed by atoms with Crippen molar-refractivity contribution in [2.75, 3.05) is 32.7 Å². The van der Waals surface area contributed by atoms with E-state index < -0.39 is 5.87 Å². The van der Waals surface area contributed by atoms with Crippen LogP contribution in [0.3, 0.4) is 0 Å². The van der Waals surface area contributed by atoms with Gasteiger partial charge in [-0.15, -0.1) is 0 Å². The number of carbonyl (C=O) groups is 2. The third-order valence-electron chi connectivity index (χ3n) is 4.39. The molecule has 1 fully saturated rings. The van der Waals surface area contributed by atoms with Gasteiger partial charge in [-0.1, -0.05) is 12.6 Å². The Balaban J connectivity index is 1.64. The normalized spacial score (nSPS) is 15.1. The molecule has 156 valence electrons. The van der Waals surface area contributed by atoms with Crippen molar-refractivity contribution in [1.82, 2.24) is 19.5 Å². The molecule has 0 aliphatic carbocycles. The Labute approximate surface area is 179 Å². The van der Waals surface area contributed by atoms with Gasteiger partial charge in [-0.05, 0) is 36.2 Å². The predicted octanol–water partition coefficient (Wildman–Crippen LogP) is -0.168. The van der Waals surface area contributed by atoms with Gasteiger partial charge in [-0.2, -0.15) is 0 Å². The Kier molecular flexibility index (Phi) is 6.98. The molecule has 1 aromatic heterocycles. The lowest BCUT2D eigenvalue weighted by atomic mass is 10.1. The molecule has 2 aromatic rings. The molecule has 1 saturated heterocycles. The first kappa shape index (κ1) is 22.1. The van der Waals surface area contributed by atoms with E-state index in [0.717, 1.165) is 16.4 Å². The average molecular weight is 428 g/mol. The van der Waals surface area contributed by atoms with E-state index in [9.17, 15) is 19.8 Å². The number of nitrogens with zero attached hydrogens (tertiary/aromatic N) is 3. The fourth-order valence-electron chi connectivity index (χ4n) is 2.97. The van der Waals surface area contributed by atoms with Crippen LogP contribution in [0, 0.1) is 0 Å². The van der Waals surface area contributed by atoms with Crippen LogP contribution in [0.5, 0.6) is 5.88 Å². The molecule has 3 rings (SSSR count). The van der Waals surface area contributed by atoms with Crippen LogP contribution in [0.4, 0.5) is 0 Å². The first-order chi connectivity index (χ1) is 14.3. The number of pyridine rings is 1. The number of benzene rings is 1. The van der Waals surface area contributed by atoms with Crippen LogP contribution in [-0.2, 0) is 9.59 Å². The van der Waals surface area contributed by atoms with Gasteiger partial charge in [0.05, 0.1) is 6.54 Å². The summed E-state index contributed by atoms with van der Waals surface area (Å²) in [6.45, 7) is 5.69. The molecule has 1 aliphatic rings. The van der Waals surface area contributed by atoms with Crippen LogP contribution in [0.1, 0.15) is 0 Å². The van der Waals surface area contributed by atoms with Crippen molar-refractivity contribution in [2.24, 2.45) is 0 Å². The second-order valence-corrected chi connectivity index (χ2v) is 7.69. The van der Waals surface area contributed by atoms with Gasteiger partial charge in [0.15, 0.2) is 0 Å². The molecule has 2 heterocycles. The molecule has 9 nitrogen and oxygen atoms in total. The zero-order chi connectivity index (χ0) is 21.7. The third kappa shape index (κ3) is 5.73. The second-order valence-electron chi connectivity index (χ2n) is 6.55. The first-order valence-corrected chi connectivity index (χ1v) is 9.95.